The summed E-state index contributed by atoms with van der Waals surface area (Å²) >= 11 is 0. The Balaban J connectivity index is 2.54. The third kappa shape index (κ3) is 1.55. The van der Waals surface area contributed by atoms with Gasteiger partial charge in [-0.2, -0.15) is 0 Å². The van der Waals surface area contributed by atoms with Crippen molar-refractivity contribution in [3.05, 3.63) is 34.6 Å². The van der Waals surface area contributed by atoms with Crippen molar-refractivity contribution in [1.29, 1.82) is 0 Å². The minimum atomic E-state index is -0.141. The van der Waals surface area contributed by atoms with Crippen LogP contribution in [-0.2, 0) is 12.8 Å². The van der Waals surface area contributed by atoms with Crippen molar-refractivity contribution in [1.82, 2.24) is 0 Å². The van der Waals surface area contributed by atoms with Gasteiger partial charge in [0.05, 0.1) is 0 Å². The van der Waals surface area contributed by atoms with Crippen molar-refractivity contribution in [2.75, 3.05) is 0 Å². The van der Waals surface area contributed by atoms with Crippen LogP contribution in [0, 0.1) is 5.82 Å². The summed E-state index contributed by atoms with van der Waals surface area (Å²) in [5, 5.41) is 0. The molecule has 0 spiro atoms. The second kappa shape index (κ2) is 3.70. The number of nitrogens with two attached hydrogens (primary N) is 1. The second-order valence-electron chi connectivity index (χ2n) is 3.98. The van der Waals surface area contributed by atoms with Crippen molar-refractivity contribution in [3.8, 4) is 0 Å². The van der Waals surface area contributed by atoms with E-state index >= 15 is 0 Å². The van der Waals surface area contributed by atoms with E-state index in [-0.39, 0.29) is 11.9 Å². The van der Waals surface area contributed by atoms with E-state index in [0.717, 1.165) is 36.8 Å². The molecule has 1 aromatic carbocycles. The first-order chi connectivity index (χ1) is 6.72. The summed E-state index contributed by atoms with van der Waals surface area (Å²) in [5.74, 6) is -0.141. The van der Waals surface area contributed by atoms with Gasteiger partial charge in [0.1, 0.15) is 5.82 Å². The van der Waals surface area contributed by atoms with E-state index in [1.807, 2.05) is 0 Å². The Morgan fingerprint density at radius 2 is 2.29 bits per heavy atom. The molecule has 0 radical (unpaired) electrons. The lowest BCUT2D eigenvalue weighted by Crippen LogP contribution is -2.19. The van der Waals surface area contributed by atoms with E-state index in [2.05, 4.69) is 6.92 Å². The Morgan fingerprint density at radius 1 is 1.50 bits per heavy atom. The summed E-state index contributed by atoms with van der Waals surface area (Å²) < 4.78 is 13.3. The number of hydrogen-bond acceptors (Lipinski definition) is 1. The monoisotopic (exact) mass is 193 g/mol. The number of fused-ring (bicyclic) bond motifs is 1. The zero-order valence-electron chi connectivity index (χ0n) is 8.52. The topological polar surface area (TPSA) is 26.0 Å². The van der Waals surface area contributed by atoms with Crippen LogP contribution in [0.1, 0.15) is 42.5 Å². The van der Waals surface area contributed by atoms with E-state index < -0.39 is 0 Å². The second-order valence-corrected chi connectivity index (χ2v) is 3.98. The summed E-state index contributed by atoms with van der Waals surface area (Å²) in [7, 11) is 0. The summed E-state index contributed by atoms with van der Waals surface area (Å²) in [5.41, 5.74) is 9.44. The van der Waals surface area contributed by atoms with Gasteiger partial charge in [-0.05, 0) is 54.5 Å². The Labute approximate surface area is 84.1 Å². The van der Waals surface area contributed by atoms with Gasteiger partial charge in [0.25, 0.3) is 0 Å². The maximum absolute atomic E-state index is 13.3. The van der Waals surface area contributed by atoms with Crippen LogP contribution in [0.2, 0.25) is 0 Å². The van der Waals surface area contributed by atoms with Crippen molar-refractivity contribution >= 4 is 0 Å². The van der Waals surface area contributed by atoms with Gasteiger partial charge in [-0.25, -0.2) is 4.39 Å². The lowest BCUT2D eigenvalue weighted by Gasteiger charge is -2.24. The lowest BCUT2D eigenvalue weighted by atomic mass is 9.84. The maximum Gasteiger partial charge on any atom is 0.123 e. The predicted octanol–water partition coefficient (Wildman–Crippen LogP) is 2.72. The van der Waals surface area contributed by atoms with Crippen molar-refractivity contribution in [2.45, 2.75) is 38.6 Å². The quantitative estimate of drug-likeness (QED) is 0.729. The molecule has 0 bridgehead atoms. The molecule has 2 N–H and O–H groups in total. The molecule has 14 heavy (non-hydrogen) atoms. The van der Waals surface area contributed by atoms with Gasteiger partial charge in [-0.3, -0.25) is 0 Å². The van der Waals surface area contributed by atoms with Crippen LogP contribution in [0.25, 0.3) is 0 Å². The van der Waals surface area contributed by atoms with E-state index in [9.17, 15) is 4.39 Å². The van der Waals surface area contributed by atoms with Crippen LogP contribution < -0.4 is 5.73 Å². The summed E-state index contributed by atoms with van der Waals surface area (Å²) in [6.45, 7) is 2.06. The molecule has 1 aromatic rings. The minimum absolute atomic E-state index is 0.0414. The Morgan fingerprint density at radius 3 is 3.00 bits per heavy atom. The fourth-order valence-corrected chi connectivity index (χ4v) is 2.32. The zero-order valence-corrected chi connectivity index (χ0v) is 8.52. The lowest BCUT2D eigenvalue weighted by molar-refractivity contribution is 0.553. The molecule has 76 valence electrons. The van der Waals surface area contributed by atoms with E-state index in [1.165, 1.54) is 5.56 Å². The average molecular weight is 193 g/mol. The molecule has 0 heterocycles. The number of halogens is 1. The number of rotatable bonds is 1. The highest BCUT2D eigenvalue weighted by Gasteiger charge is 2.19. The first kappa shape index (κ1) is 9.66. The highest BCUT2D eigenvalue weighted by molar-refractivity contribution is 5.39. The van der Waals surface area contributed by atoms with Gasteiger partial charge in [0.15, 0.2) is 0 Å². The summed E-state index contributed by atoms with van der Waals surface area (Å²) in [6.07, 6.45) is 4.08. The van der Waals surface area contributed by atoms with Gasteiger partial charge in [-0.1, -0.05) is 6.92 Å². The zero-order chi connectivity index (χ0) is 10.1. The molecular weight excluding hydrogens is 177 g/mol. The first-order valence-corrected chi connectivity index (χ1v) is 5.29. The molecule has 1 nitrogen and oxygen atoms in total. The first-order valence-electron chi connectivity index (χ1n) is 5.29. The molecule has 1 aliphatic carbocycles. The molecule has 0 unspecified atom stereocenters. The SMILES string of the molecule is CCc1cc(F)cc2c1CCC[C@@H]2N. The minimum Gasteiger partial charge on any atom is -0.324 e. The largest absolute Gasteiger partial charge is 0.324 e. The number of benzene rings is 1. The third-order valence-corrected chi connectivity index (χ3v) is 3.06. The molecule has 0 saturated heterocycles. The summed E-state index contributed by atoms with van der Waals surface area (Å²) in [4.78, 5) is 0. The van der Waals surface area contributed by atoms with Crippen LogP contribution in [0.3, 0.4) is 0 Å². The maximum atomic E-state index is 13.3. The Kier molecular flexibility index (Phi) is 2.55. The molecule has 1 atom stereocenters. The van der Waals surface area contributed by atoms with Gasteiger partial charge in [-0.15, -0.1) is 0 Å². The molecule has 0 aliphatic heterocycles. The smallest absolute Gasteiger partial charge is 0.123 e. The highest BCUT2D eigenvalue weighted by atomic mass is 19.1. The molecule has 2 rings (SSSR count). The Bertz CT molecular complexity index is 346. The highest BCUT2D eigenvalue weighted by Crippen LogP contribution is 2.31. The molecule has 1 aliphatic rings. The molecular formula is C12H16FN. The Hall–Kier alpha value is -0.890. The molecule has 0 fully saturated rings. The predicted molar refractivity (Wildman–Crippen MR) is 55.6 cm³/mol. The van der Waals surface area contributed by atoms with Crippen molar-refractivity contribution in [2.24, 2.45) is 5.73 Å². The van der Waals surface area contributed by atoms with Crippen LogP contribution in [0.5, 0.6) is 0 Å². The van der Waals surface area contributed by atoms with Crippen LogP contribution >= 0.6 is 0 Å². The normalized spacial score (nSPS) is 20.6. The summed E-state index contributed by atoms with van der Waals surface area (Å²) in [6, 6.07) is 3.30. The van der Waals surface area contributed by atoms with Crippen molar-refractivity contribution < 1.29 is 4.39 Å². The fourth-order valence-electron chi connectivity index (χ4n) is 2.32. The van der Waals surface area contributed by atoms with E-state index in [1.54, 1.807) is 12.1 Å². The standard InChI is InChI=1S/C12H16FN/c1-2-8-6-9(13)7-11-10(8)4-3-5-12(11)14/h6-7,12H,2-5,14H2,1H3/t12-/m0/s1. The average Bonchev–Trinajstić information content (AvgIpc) is 2.18. The van der Waals surface area contributed by atoms with Gasteiger partial charge in [0.2, 0.25) is 0 Å². The van der Waals surface area contributed by atoms with Gasteiger partial charge in [0, 0.05) is 6.04 Å². The van der Waals surface area contributed by atoms with Gasteiger partial charge >= 0.3 is 0 Å². The molecule has 0 aromatic heterocycles. The van der Waals surface area contributed by atoms with Crippen molar-refractivity contribution in [3.63, 3.8) is 0 Å². The van der Waals surface area contributed by atoms with E-state index in [4.69, 9.17) is 5.73 Å². The van der Waals surface area contributed by atoms with Crippen LogP contribution in [0.4, 0.5) is 4.39 Å². The van der Waals surface area contributed by atoms with E-state index in [0.29, 0.717) is 0 Å². The van der Waals surface area contributed by atoms with Gasteiger partial charge < -0.3 is 5.73 Å². The molecule has 0 saturated carbocycles. The fraction of sp³-hybridized carbons (Fsp3) is 0.500. The molecule has 0 amide bonds. The number of hydrogen-bond donors (Lipinski definition) is 1. The van der Waals surface area contributed by atoms with Crippen LogP contribution in [0.15, 0.2) is 12.1 Å². The molecule has 2 heteroatoms. The third-order valence-electron chi connectivity index (χ3n) is 3.06. The van der Waals surface area contributed by atoms with Crippen LogP contribution in [-0.4, -0.2) is 0 Å². The number of aryl methyl sites for hydroxylation is 1.